The second-order valence-corrected chi connectivity index (χ2v) is 0.418. The monoisotopic (exact) mass is 201 g/mol. The normalized spacial score (nSPS) is 5.29. The fourth-order valence-corrected chi connectivity index (χ4v) is 0.0264. The van der Waals surface area contributed by atoms with Gasteiger partial charge in [0.2, 0.25) is 6.29 Å². The van der Waals surface area contributed by atoms with Gasteiger partial charge < -0.3 is 0 Å². The van der Waals surface area contributed by atoms with Crippen LogP contribution in [0.2, 0.25) is 0 Å². The second-order valence-electron chi connectivity index (χ2n) is 0.418. The summed E-state index contributed by atoms with van der Waals surface area (Å²) in [6.07, 6.45) is 1.30. The van der Waals surface area contributed by atoms with Crippen molar-refractivity contribution < 1.29 is 49.1 Å². The summed E-state index contributed by atoms with van der Waals surface area (Å²) in [6, 6.07) is 0. The molecule has 0 aromatic heterocycles. The maximum absolute atomic E-state index is 8.99. The van der Waals surface area contributed by atoms with E-state index in [9.17, 15) is 0 Å². The van der Waals surface area contributed by atoms with E-state index in [2.05, 4.69) is 4.89 Å². The SMILES string of the molecule is O=[C]COO.[Cu].[Cu]. The van der Waals surface area contributed by atoms with Gasteiger partial charge in [-0.3, -0.25) is 10.1 Å². The van der Waals surface area contributed by atoms with Gasteiger partial charge in [0.1, 0.15) is 6.61 Å². The molecule has 0 unspecified atom stereocenters. The van der Waals surface area contributed by atoms with Gasteiger partial charge in [0, 0.05) is 34.1 Å². The first-order valence-electron chi connectivity index (χ1n) is 1.03. The van der Waals surface area contributed by atoms with Crippen LogP contribution in [-0.2, 0) is 43.8 Å². The first-order valence-corrected chi connectivity index (χ1v) is 1.03. The zero-order valence-corrected chi connectivity index (χ0v) is 4.96. The van der Waals surface area contributed by atoms with Crippen LogP contribution in [0.25, 0.3) is 0 Å². The predicted octanol–water partition coefficient (Wildman–Crippen LogP) is -0.419. The Morgan fingerprint density at radius 2 is 2.00 bits per heavy atom. The fraction of sp³-hybridized carbons (Fsp3) is 0.500. The van der Waals surface area contributed by atoms with Crippen molar-refractivity contribution >= 4 is 6.29 Å². The first kappa shape index (κ1) is 15.6. The molecule has 0 aromatic carbocycles. The summed E-state index contributed by atoms with van der Waals surface area (Å²) in [5, 5.41) is 7.30. The smallest absolute Gasteiger partial charge is 0.229 e. The number of rotatable bonds is 2. The van der Waals surface area contributed by atoms with Gasteiger partial charge in [-0.25, -0.2) is 4.89 Å². The van der Waals surface area contributed by atoms with Gasteiger partial charge in [-0.05, 0) is 0 Å². The average Bonchev–Trinajstić information content (AvgIpc) is 1.41. The summed E-state index contributed by atoms with van der Waals surface area (Å²) in [4.78, 5) is 12.3. The molecule has 0 spiro atoms. The van der Waals surface area contributed by atoms with Crippen LogP contribution in [0.3, 0.4) is 0 Å². The van der Waals surface area contributed by atoms with Crippen molar-refractivity contribution in [2.45, 2.75) is 0 Å². The van der Waals surface area contributed by atoms with E-state index in [0.717, 1.165) is 0 Å². The van der Waals surface area contributed by atoms with E-state index in [-0.39, 0.29) is 40.7 Å². The standard InChI is InChI=1S/C2H3O3.2Cu/c3-1-2-5-4;;/h4H,2H2;;. The van der Waals surface area contributed by atoms with Gasteiger partial charge in [-0.2, -0.15) is 0 Å². The number of carbonyl (C=O) groups excluding carboxylic acids is 1. The molecule has 3 radical (unpaired) electrons. The molecule has 3 nitrogen and oxygen atoms in total. The molecule has 0 atom stereocenters. The van der Waals surface area contributed by atoms with E-state index >= 15 is 0 Å². The van der Waals surface area contributed by atoms with Crippen molar-refractivity contribution in [3.05, 3.63) is 0 Å². The van der Waals surface area contributed by atoms with E-state index in [4.69, 9.17) is 10.1 Å². The fourth-order valence-electron chi connectivity index (χ4n) is 0.0264. The molecule has 5 heteroatoms. The Kier molecular flexibility index (Phi) is 35.6. The molecule has 0 aliphatic carbocycles. The van der Waals surface area contributed by atoms with Crippen molar-refractivity contribution in [1.82, 2.24) is 0 Å². The molecule has 0 aliphatic heterocycles. The molecule has 0 saturated carbocycles. The molecule has 0 bridgehead atoms. The molecule has 0 heterocycles. The van der Waals surface area contributed by atoms with Gasteiger partial charge in [0.15, 0.2) is 0 Å². The molecule has 0 saturated heterocycles. The molecule has 51 valence electrons. The Morgan fingerprint density at radius 3 is 2.00 bits per heavy atom. The Morgan fingerprint density at radius 1 is 1.57 bits per heavy atom. The molecule has 0 aliphatic rings. The molecule has 0 fully saturated rings. The summed E-state index contributed by atoms with van der Waals surface area (Å²) >= 11 is 0. The van der Waals surface area contributed by atoms with Crippen molar-refractivity contribution in [3.8, 4) is 0 Å². The van der Waals surface area contributed by atoms with Gasteiger partial charge in [-0.15, -0.1) is 0 Å². The third kappa shape index (κ3) is 20.6. The predicted molar refractivity (Wildman–Crippen MR) is 14.3 cm³/mol. The maximum Gasteiger partial charge on any atom is 0.229 e. The topological polar surface area (TPSA) is 46.5 Å². The Hall–Kier alpha value is 0.629. The summed E-state index contributed by atoms with van der Waals surface area (Å²) in [7, 11) is 0. The van der Waals surface area contributed by atoms with Crippen LogP contribution in [0.4, 0.5) is 0 Å². The van der Waals surface area contributed by atoms with Crippen LogP contribution in [0, 0.1) is 0 Å². The molecule has 0 aromatic rings. The largest absolute Gasteiger partial charge is 0.288 e. The van der Waals surface area contributed by atoms with Crippen LogP contribution >= 0.6 is 0 Å². The second kappa shape index (κ2) is 15.9. The zero-order chi connectivity index (χ0) is 4.12. The summed E-state index contributed by atoms with van der Waals surface area (Å²) in [5.41, 5.74) is 0. The van der Waals surface area contributed by atoms with E-state index in [1.165, 1.54) is 6.29 Å². The van der Waals surface area contributed by atoms with Crippen LogP contribution < -0.4 is 0 Å². The quantitative estimate of drug-likeness (QED) is 0.376. The minimum atomic E-state index is -0.361. The zero-order valence-electron chi connectivity index (χ0n) is 3.07. The van der Waals surface area contributed by atoms with Crippen molar-refractivity contribution in [3.63, 3.8) is 0 Å². The van der Waals surface area contributed by atoms with Crippen LogP contribution in [0.5, 0.6) is 0 Å². The van der Waals surface area contributed by atoms with Gasteiger partial charge in [0.05, 0.1) is 0 Å². The van der Waals surface area contributed by atoms with E-state index in [1.54, 1.807) is 0 Å². The number of hydrogen-bond acceptors (Lipinski definition) is 3. The summed E-state index contributed by atoms with van der Waals surface area (Å²) < 4.78 is 0. The van der Waals surface area contributed by atoms with Gasteiger partial charge >= 0.3 is 0 Å². The van der Waals surface area contributed by atoms with E-state index in [1.807, 2.05) is 0 Å². The third-order valence-corrected chi connectivity index (χ3v) is 0.123. The number of hydrogen-bond donors (Lipinski definition) is 1. The molecular formula is C2H3Cu2O3. The third-order valence-electron chi connectivity index (χ3n) is 0.123. The van der Waals surface area contributed by atoms with Crippen molar-refractivity contribution in [1.29, 1.82) is 0 Å². The molecular weight excluding hydrogens is 199 g/mol. The Labute approximate surface area is 62.3 Å². The Balaban J connectivity index is -0.0000000800. The van der Waals surface area contributed by atoms with Crippen LogP contribution in [0.15, 0.2) is 0 Å². The van der Waals surface area contributed by atoms with Gasteiger partial charge in [-0.1, -0.05) is 0 Å². The molecule has 1 N–H and O–H groups in total. The molecule has 0 rings (SSSR count). The van der Waals surface area contributed by atoms with E-state index in [0.29, 0.717) is 0 Å². The summed E-state index contributed by atoms with van der Waals surface area (Å²) in [5.74, 6) is 0. The summed E-state index contributed by atoms with van der Waals surface area (Å²) in [6.45, 7) is -0.361. The van der Waals surface area contributed by atoms with Crippen LogP contribution in [0.1, 0.15) is 0 Å². The van der Waals surface area contributed by atoms with Gasteiger partial charge in [0.25, 0.3) is 0 Å². The average molecular weight is 202 g/mol. The first-order chi connectivity index (χ1) is 2.41. The Bertz CT molecular complexity index is 32.1. The maximum atomic E-state index is 8.99. The molecule has 7 heavy (non-hydrogen) atoms. The van der Waals surface area contributed by atoms with Crippen molar-refractivity contribution in [2.75, 3.05) is 6.61 Å². The minimum absolute atomic E-state index is 0. The molecule has 0 amide bonds. The van der Waals surface area contributed by atoms with Crippen LogP contribution in [-0.4, -0.2) is 18.2 Å². The van der Waals surface area contributed by atoms with Crippen molar-refractivity contribution in [2.24, 2.45) is 0 Å². The minimum Gasteiger partial charge on any atom is -0.288 e. The van der Waals surface area contributed by atoms with E-state index < -0.39 is 0 Å².